The molecule has 0 bridgehead atoms. The second-order valence-electron chi connectivity index (χ2n) is 8.60. The molecule has 0 saturated carbocycles. The number of amides is 1. The van der Waals surface area contributed by atoms with Crippen LogP contribution in [0, 0.1) is 0 Å². The summed E-state index contributed by atoms with van der Waals surface area (Å²) in [5, 5.41) is 21.5. The van der Waals surface area contributed by atoms with Gasteiger partial charge < -0.3 is 29.3 Å². The molecule has 1 saturated heterocycles. The minimum absolute atomic E-state index is 0.0371. The lowest BCUT2D eigenvalue weighted by Gasteiger charge is -2.25. The van der Waals surface area contributed by atoms with Crippen LogP contribution in [0.3, 0.4) is 0 Å². The minimum atomic E-state index is -0.873. The first-order valence-corrected chi connectivity index (χ1v) is 12.4. The number of hydrogen-bond donors (Lipinski definition) is 2. The van der Waals surface area contributed by atoms with Crippen LogP contribution >= 0.6 is 11.6 Å². The average molecular weight is 538 g/mol. The lowest BCUT2D eigenvalue weighted by molar-refractivity contribution is -0.139. The molecule has 3 aromatic carbocycles. The van der Waals surface area contributed by atoms with Gasteiger partial charge in [-0.1, -0.05) is 29.8 Å². The number of ketones is 1. The van der Waals surface area contributed by atoms with Gasteiger partial charge in [0.05, 0.1) is 37.5 Å². The van der Waals surface area contributed by atoms with Gasteiger partial charge in [0.25, 0.3) is 11.7 Å². The quantitative estimate of drug-likeness (QED) is 0.221. The van der Waals surface area contributed by atoms with Crippen molar-refractivity contribution in [1.29, 1.82) is 0 Å². The zero-order chi connectivity index (χ0) is 27.4. The second-order valence-corrected chi connectivity index (χ2v) is 9.01. The Morgan fingerprint density at radius 2 is 1.66 bits per heavy atom. The van der Waals surface area contributed by atoms with Crippen molar-refractivity contribution in [3.63, 3.8) is 0 Å². The Morgan fingerprint density at radius 3 is 2.32 bits per heavy atom. The third-order valence-electron chi connectivity index (χ3n) is 6.34. The highest BCUT2D eigenvalue weighted by Gasteiger charge is 2.45. The Balaban J connectivity index is 1.76. The van der Waals surface area contributed by atoms with E-state index in [1.807, 2.05) is 12.1 Å². The summed E-state index contributed by atoms with van der Waals surface area (Å²) in [6.07, 6.45) is 0.414. The second kappa shape index (κ2) is 11.5. The summed E-state index contributed by atoms with van der Waals surface area (Å²) in [4.78, 5) is 28.0. The van der Waals surface area contributed by atoms with Crippen LogP contribution in [-0.2, 0) is 16.0 Å². The maximum Gasteiger partial charge on any atom is 0.295 e. The number of methoxy groups -OCH3 is 2. The highest BCUT2D eigenvalue weighted by atomic mass is 35.5. The van der Waals surface area contributed by atoms with E-state index < -0.39 is 17.7 Å². The third kappa shape index (κ3) is 5.26. The van der Waals surface area contributed by atoms with E-state index in [-0.39, 0.29) is 23.6 Å². The number of rotatable bonds is 9. The number of benzene rings is 3. The maximum atomic E-state index is 13.3. The molecule has 1 atom stereocenters. The molecule has 1 aliphatic heterocycles. The molecule has 2 N–H and O–H groups in total. The van der Waals surface area contributed by atoms with Gasteiger partial charge in [-0.3, -0.25) is 9.59 Å². The van der Waals surface area contributed by atoms with Crippen molar-refractivity contribution >= 4 is 29.1 Å². The van der Waals surface area contributed by atoms with Crippen molar-refractivity contribution in [2.24, 2.45) is 0 Å². The number of aromatic hydroxyl groups is 1. The summed E-state index contributed by atoms with van der Waals surface area (Å²) in [5.74, 6) is -0.361. The minimum Gasteiger partial charge on any atom is -0.508 e. The summed E-state index contributed by atoms with van der Waals surface area (Å²) in [7, 11) is 3.09. The fraction of sp³-hybridized carbons (Fsp3) is 0.241. The number of halogens is 1. The van der Waals surface area contributed by atoms with Crippen molar-refractivity contribution < 1.29 is 34.0 Å². The highest BCUT2D eigenvalue weighted by Crippen LogP contribution is 2.41. The van der Waals surface area contributed by atoms with Crippen LogP contribution < -0.4 is 14.2 Å². The molecular weight excluding hydrogens is 510 g/mol. The summed E-state index contributed by atoms with van der Waals surface area (Å²) < 4.78 is 16.2. The number of likely N-dealkylation sites (tertiary alicyclic amines) is 1. The van der Waals surface area contributed by atoms with Gasteiger partial charge in [0.15, 0.2) is 11.5 Å². The molecule has 1 fully saturated rings. The van der Waals surface area contributed by atoms with Gasteiger partial charge >= 0.3 is 0 Å². The average Bonchev–Trinajstić information content (AvgIpc) is 3.18. The van der Waals surface area contributed by atoms with E-state index in [1.165, 1.54) is 23.1 Å². The first-order valence-electron chi connectivity index (χ1n) is 12.0. The number of phenolic OH excluding ortho intramolecular Hbond substituents is 1. The standard InChI is InChI=1S/C29H28ClNO7/c1-4-38-23-16-19(8-11-21(23)30)27(33)25-26(18-6-9-20(32)10-7-18)31(29(35)28(25)34)14-13-17-5-12-22(36-2)24(15-17)37-3/h5-12,15-16,26,32-33H,4,13-14H2,1-3H3/b27-25-. The zero-order valence-corrected chi connectivity index (χ0v) is 22.0. The molecule has 0 aromatic heterocycles. The van der Waals surface area contributed by atoms with E-state index in [0.717, 1.165) is 5.56 Å². The molecule has 0 radical (unpaired) electrons. The first-order chi connectivity index (χ1) is 18.3. The Morgan fingerprint density at radius 1 is 0.947 bits per heavy atom. The molecule has 8 nitrogen and oxygen atoms in total. The molecule has 38 heavy (non-hydrogen) atoms. The van der Waals surface area contributed by atoms with Gasteiger partial charge in [-0.25, -0.2) is 0 Å². The van der Waals surface area contributed by atoms with E-state index in [4.69, 9.17) is 25.8 Å². The molecule has 198 valence electrons. The summed E-state index contributed by atoms with van der Waals surface area (Å²) in [6, 6.07) is 15.4. The Hall–Kier alpha value is -4.17. The van der Waals surface area contributed by atoms with Crippen molar-refractivity contribution in [1.82, 2.24) is 4.90 Å². The van der Waals surface area contributed by atoms with Crippen LogP contribution in [-0.4, -0.2) is 54.2 Å². The maximum absolute atomic E-state index is 13.3. The number of ether oxygens (including phenoxy) is 3. The number of carbonyl (C=O) groups excluding carboxylic acids is 2. The predicted molar refractivity (Wildman–Crippen MR) is 143 cm³/mol. The fourth-order valence-corrected chi connectivity index (χ4v) is 4.64. The largest absolute Gasteiger partial charge is 0.508 e. The van der Waals surface area contributed by atoms with E-state index in [0.29, 0.717) is 46.4 Å². The Bertz CT molecular complexity index is 1380. The SMILES string of the molecule is CCOc1cc(/C(O)=C2/C(=O)C(=O)N(CCc3ccc(OC)c(OC)c3)C2c2ccc(O)cc2)ccc1Cl. The lowest BCUT2D eigenvalue weighted by Crippen LogP contribution is -2.31. The molecule has 9 heteroatoms. The number of aliphatic hydroxyl groups is 1. The van der Waals surface area contributed by atoms with Crippen molar-refractivity contribution in [2.75, 3.05) is 27.4 Å². The van der Waals surface area contributed by atoms with Crippen LogP contribution in [0.4, 0.5) is 0 Å². The van der Waals surface area contributed by atoms with E-state index >= 15 is 0 Å². The number of nitrogens with zero attached hydrogens (tertiary/aromatic N) is 1. The number of hydrogen-bond acceptors (Lipinski definition) is 7. The normalized spacial score (nSPS) is 16.5. The van der Waals surface area contributed by atoms with Gasteiger partial charge in [0.2, 0.25) is 0 Å². The highest BCUT2D eigenvalue weighted by molar-refractivity contribution is 6.46. The molecule has 1 aliphatic rings. The predicted octanol–water partition coefficient (Wildman–Crippen LogP) is 5.13. The van der Waals surface area contributed by atoms with Crippen LogP contribution in [0.2, 0.25) is 5.02 Å². The van der Waals surface area contributed by atoms with E-state index in [9.17, 15) is 19.8 Å². The molecular formula is C29H28ClNO7. The van der Waals surface area contributed by atoms with Crippen LogP contribution in [0.1, 0.15) is 29.7 Å². The lowest BCUT2D eigenvalue weighted by atomic mass is 9.95. The van der Waals surface area contributed by atoms with Gasteiger partial charge in [0, 0.05) is 12.1 Å². The van der Waals surface area contributed by atoms with Crippen molar-refractivity contribution in [3.8, 4) is 23.0 Å². The monoisotopic (exact) mass is 537 g/mol. The smallest absolute Gasteiger partial charge is 0.295 e. The van der Waals surface area contributed by atoms with Gasteiger partial charge in [-0.05, 0) is 66.9 Å². The number of Topliss-reactive ketones (excluding diaryl/α,β-unsaturated/α-hetero) is 1. The number of carbonyl (C=O) groups is 2. The van der Waals surface area contributed by atoms with Gasteiger partial charge in [-0.15, -0.1) is 0 Å². The Kier molecular flexibility index (Phi) is 8.12. The third-order valence-corrected chi connectivity index (χ3v) is 6.65. The molecule has 1 unspecified atom stereocenters. The van der Waals surface area contributed by atoms with Crippen molar-refractivity contribution in [2.45, 2.75) is 19.4 Å². The van der Waals surface area contributed by atoms with Gasteiger partial charge in [0.1, 0.15) is 17.3 Å². The Labute approximate surface area is 225 Å². The number of phenols is 1. The molecule has 1 heterocycles. The molecule has 1 amide bonds. The molecule has 3 aromatic rings. The number of aliphatic hydroxyl groups excluding tert-OH is 1. The first kappa shape index (κ1) is 26.9. The van der Waals surface area contributed by atoms with Crippen molar-refractivity contribution in [3.05, 3.63) is 87.9 Å². The van der Waals surface area contributed by atoms with E-state index in [2.05, 4.69) is 0 Å². The van der Waals surface area contributed by atoms with Crippen LogP contribution in [0.5, 0.6) is 23.0 Å². The van der Waals surface area contributed by atoms with Crippen LogP contribution in [0.15, 0.2) is 66.2 Å². The fourth-order valence-electron chi connectivity index (χ4n) is 4.47. The molecule has 0 aliphatic carbocycles. The van der Waals surface area contributed by atoms with Crippen LogP contribution in [0.25, 0.3) is 5.76 Å². The molecule has 4 rings (SSSR count). The molecule has 0 spiro atoms. The van der Waals surface area contributed by atoms with Gasteiger partial charge in [-0.2, -0.15) is 0 Å². The van der Waals surface area contributed by atoms with E-state index in [1.54, 1.807) is 51.5 Å². The zero-order valence-electron chi connectivity index (χ0n) is 21.2. The topological polar surface area (TPSA) is 106 Å². The summed E-state index contributed by atoms with van der Waals surface area (Å²) in [5.41, 5.74) is 1.67. The summed E-state index contributed by atoms with van der Waals surface area (Å²) >= 11 is 6.20. The summed E-state index contributed by atoms with van der Waals surface area (Å²) in [6.45, 7) is 2.35.